The molecule has 0 radical (unpaired) electrons. The summed E-state index contributed by atoms with van der Waals surface area (Å²) in [6, 6.07) is 4.72. The molecule has 0 aromatic carbocycles. The summed E-state index contributed by atoms with van der Waals surface area (Å²) in [7, 11) is 1.48. The summed E-state index contributed by atoms with van der Waals surface area (Å²) in [5, 5.41) is 11.0. The van der Waals surface area contributed by atoms with Crippen LogP contribution in [0, 0.1) is 19.8 Å². The van der Waals surface area contributed by atoms with Gasteiger partial charge in [0.2, 0.25) is 11.8 Å². The van der Waals surface area contributed by atoms with Crippen LogP contribution in [0.5, 0.6) is 0 Å². The van der Waals surface area contributed by atoms with Crippen molar-refractivity contribution >= 4 is 40.8 Å². The number of rotatable bonds is 8. The first kappa shape index (κ1) is 26.9. The van der Waals surface area contributed by atoms with E-state index in [1.165, 1.54) is 11.9 Å². The molecule has 4 amide bonds. The zero-order valence-electron chi connectivity index (χ0n) is 24.3. The van der Waals surface area contributed by atoms with E-state index < -0.39 is 0 Å². The van der Waals surface area contributed by atoms with Gasteiger partial charge in [-0.05, 0) is 52.2 Å². The maximum atomic E-state index is 13.0. The third kappa shape index (κ3) is 5.13. The van der Waals surface area contributed by atoms with Crippen LogP contribution in [-0.2, 0) is 9.59 Å². The van der Waals surface area contributed by atoms with Gasteiger partial charge in [0.15, 0.2) is 5.65 Å². The van der Waals surface area contributed by atoms with Gasteiger partial charge in [-0.25, -0.2) is 34.2 Å². The number of hydrogen-bond donors (Lipinski definition) is 2. The average Bonchev–Trinajstić information content (AvgIpc) is 3.89. The van der Waals surface area contributed by atoms with Crippen molar-refractivity contribution in [1.82, 2.24) is 39.4 Å². The second kappa shape index (κ2) is 10.1. The van der Waals surface area contributed by atoms with Crippen molar-refractivity contribution in [1.29, 1.82) is 0 Å². The number of urea groups is 1. The van der Waals surface area contributed by atoms with Crippen LogP contribution in [0.25, 0.3) is 5.65 Å². The highest BCUT2D eigenvalue weighted by molar-refractivity contribution is 6.13. The van der Waals surface area contributed by atoms with Crippen LogP contribution in [0.15, 0.2) is 30.6 Å². The van der Waals surface area contributed by atoms with Gasteiger partial charge >= 0.3 is 6.03 Å². The molecule has 0 spiro atoms. The summed E-state index contributed by atoms with van der Waals surface area (Å²) in [4.78, 5) is 63.2. The number of imidazole rings is 1. The van der Waals surface area contributed by atoms with E-state index in [1.54, 1.807) is 23.7 Å². The Balaban J connectivity index is 1.10. The predicted octanol–water partition coefficient (Wildman–Crippen LogP) is 3.12. The monoisotopic (exact) mass is 581 g/mol. The van der Waals surface area contributed by atoms with Gasteiger partial charge in [0, 0.05) is 42.8 Å². The maximum absolute atomic E-state index is 13.0. The van der Waals surface area contributed by atoms with Gasteiger partial charge in [0.05, 0.1) is 29.3 Å². The number of nitrogens with zero attached hydrogens (tertiary/aromatic N) is 9. The number of aromatic nitrogens is 7. The molecule has 1 aliphatic heterocycles. The lowest BCUT2D eigenvalue weighted by atomic mass is 10.2. The number of imide groups is 1. The molecule has 220 valence electrons. The van der Waals surface area contributed by atoms with Gasteiger partial charge in [0.1, 0.15) is 29.8 Å². The molecule has 3 fully saturated rings. The molecule has 3 aliphatic rings. The summed E-state index contributed by atoms with van der Waals surface area (Å²) in [5.41, 5.74) is 3.48. The van der Waals surface area contributed by atoms with E-state index in [4.69, 9.17) is 10.1 Å². The number of carbonyl (C=O) groups excluding carboxylic acids is 3. The zero-order chi connectivity index (χ0) is 30.0. The highest BCUT2D eigenvalue weighted by Gasteiger charge is 2.46. The third-order valence-electron chi connectivity index (χ3n) is 8.08. The number of amides is 4. The maximum Gasteiger partial charge on any atom is 0.331 e. The summed E-state index contributed by atoms with van der Waals surface area (Å²) in [6.45, 7) is 5.57. The van der Waals surface area contributed by atoms with Gasteiger partial charge in [-0.1, -0.05) is 0 Å². The number of nitrogens with one attached hydrogen (secondary N) is 2. The Morgan fingerprint density at radius 3 is 2.58 bits per heavy atom. The number of fused-ring (bicyclic) bond motifs is 1. The molecule has 4 aromatic heterocycles. The zero-order valence-corrected chi connectivity index (χ0v) is 24.3. The molecular weight excluding hydrogens is 550 g/mol. The Morgan fingerprint density at radius 2 is 1.86 bits per heavy atom. The van der Waals surface area contributed by atoms with E-state index in [2.05, 4.69) is 30.6 Å². The van der Waals surface area contributed by atoms with Gasteiger partial charge < -0.3 is 10.6 Å². The largest absolute Gasteiger partial charge is 0.362 e. The molecule has 0 bridgehead atoms. The third-order valence-corrected chi connectivity index (χ3v) is 8.08. The number of anilines is 3. The summed E-state index contributed by atoms with van der Waals surface area (Å²) < 4.78 is 1.69. The Kier molecular flexibility index (Phi) is 6.29. The molecule has 2 N–H and O–H groups in total. The Hall–Kier alpha value is -5.01. The number of hydrogen-bond acceptors (Lipinski definition) is 10. The minimum atomic E-state index is -0.384. The van der Waals surface area contributed by atoms with Crippen molar-refractivity contribution < 1.29 is 14.4 Å². The summed E-state index contributed by atoms with van der Waals surface area (Å²) in [5.74, 6) is 1.86. The highest BCUT2D eigenvalue weighted by Crippen LogP contribution is 2.46. The summed E-state index contributed by atoms with van der Waals surface area (Å²) in [6.07, 6.45) is 6.32. The standard InChI is InChI=1S/C29H31N11O3/c1-14-7-8-30-26(31-14)18-9-19(18)28(42)36-24-11-23(33-16(3)34-24)32-15(2)21-12-40-27(35-21)22(10-20(37-40)17-5-6-17)39-13-25(41)38(4)29(39)43/h7-8,10-12,15,17-19H,5-6,9,13H2,1-4H3,(H2,32,33,34,36,42). The second-order valence-electron chi connectivity index (χ2n) is 11.5. The first-order valence-corrected chi connectivity index (χ1v) is 14.4. The van der Waals surface area contributed by atoms with Crippen LogP contribution in [0.4, 0.5) is 22.1 Å². The SMILES string of the molecule is Cc1ccnc(C2CC2C(=O)Nc2cc(NC(C)c3cn4nc(C5CC5)cc(N5CC(=O)N(C)C5=O)c4n3)nc(C)n2)n1. The molecule has 1 saturated heterocycles. The van der Waals surface area contributed by atoms with E-state index in [1.807, 2.05) is 32.2 Å². The van der Waals surface area contributed by atoms with Gasteiger partial charge in [-0.2, -0.15) is 5.10 Å². The predicted molar refractivity (Wildman–Crippen MR) is 156 cm³/mol. The van der Waals surface area contributed by atoms with Crippen molar-refractivity contribution in [2.75, 3.05) is 29.1 Å². The number of carbonyl (C=O) groups is 3. The van der Waals surface area contributed by atoms with Crippen LogP contribution in [0.2, 0.25) is 0 Å². The molecule has 5 heterocycles. The molecule has 14 heteroatoms. The van der Waals surface area contributed by atoms with E-state index in [9.17, 15) is 14.4 Å². The van der Waals surface area contributed by atoms with E-state index >= 15 is 0 Å². The van der Waals surface area contributed by atoms with Crippen molar-refractivity contribution in [3.63, 3.8) is 0 Å². The number of likely N-dealkylation sites (N-methyl/N-ethyl adjacent to an activating group) is 1. The van der Waals surface area contributed by atoms with Crippen molar-refractivity contribution in [2.45, 2.75) is 57.9 Å². The molecule has 14 nitrogen and oxygen atoms in total. The van der Waals surface area contributed by atoms with Crippen molar-refractivity contribution in [3.05, 3.63) is 59.3 Å². The molecule has 43 heavy (non-hydrogen) atoms. The fourth-order valence-electron chi connectivity index (χ4n) is 5.41. The van der Waals surface area contributed by atoms with E-state index in [-0.39, 0.29) is 42.3 Å². The Bertz CT molecular complexity index is 1800. The smallest absolute Gasteiger partial charge is 0.331 e. The second-order valence-corrected chi connectivity index (χ2v) is 11.5. The van der Waals surface area contributed by atoms with Crippen molar-refractivity contribution in [2.24, 2.45) is 5.92 Å². The topological polar surface area (TPSA) is 164 Å². The fourth-order valence-corrected chi connectivity index (χ4v) is 5.41. The molecule has 4 aromatic rings. The van der Waals surface area contributed by atoms with E-state index in [0.29, 0.717) is 52.7 Å². The normalized spacial score (nSPS) is 20.6. The van der Waals surface area contributed by atoms with Crippen LogP contribution in [-0.4, -0.2) is 70.9 Å². The van der Waals surface area contributed by atoms with Crippen LogP contribution < -0.4 is 15.5 Å². The first-order valence-electron chi connectivity index (χ1n) is 14.4. The van der Waals surface area contributed by atoms with Gasteiger partial charge in [-0.15, -0.1) is 0 Å². The van der Waals surface area contributed by atoms with E-state index in [0.717, 1.165) is 29.1 Å². The Labute approximate surface area is 247 Å². The average molecular weight is 582 g/mol. The molecule has 3 atom stereocenters. The molecular formula is C29H31N11O3. The van der Waals surface area contributed by atoms with Crippen LogP contribution in [0.1, 0.15) is 72.8 Å². The molecule has 7 rings (SSSR count). The minimum absolute atomic E-state index is 0.00352. The molecule has 3 unspecified atom stereocenters. The number of aryl methyl sites for hydroxylation is 2. The van der Waals surface area contributed by atoms with Crippen molar-refractivity contribution in [3.8, 4) is 0 Å². The first-order chi connectivity index (χ1) is 20.6. The quantitative estimate of drug-likeness (QED) is 0.296. The summed E-state index contributed by atoms with van der Waals surface area (Å²) >= 11 is 0. The van der Waals surface area contributed by atoms with Crippen LogP contribution in [0.3, 0.4) is 0 Å². The highest BCUT2D eigenvalue weighted by atomic mass is 16.2. The van der Waals surface area contributed by atoms with Gasteiger partial charge in [-0.3, -0.25) is 19.4 Å². The minimum Gasteiger partial charge on any atom is -0.362 e. The molecule has 2 saturated carbocycles. The van der Waals surface area contributed by atoms with Gasteiger partial charge in [0.25, 0.3) is 0 Å². The molecule has 2 aliphatic carbocycles. The Morgan fingerprint density at radius 1 is 1.07 bits per heavy atom. The fraction of sp³-hybridized carbons (Fsp3) is 0.414. The lowest BCUT2D eigenvalue weighted by Crippen LogP contribution is -2.30. The van der Waals surface area contributed by atoms with Crippen LogP contribution >= 0.6 is 0 Å². The lowest BCUT2D eigenvalue weighted by molar-refractivity contribution is -0.124. The lowest BCUT2D eigenvalue weighted by Gasteiger charge is -2.16.